The smallest absolute Gasteiger partial charge is 0.226 e. The van der Waals surface area contributed by atoms with E-state index in [0.29, 0.717) is 17.9 Å². The van der Waals surface area contributed by atoms with Crippen molar-refractivity contribution < 1.29 is 9.26 Å². The van der Waals surface area contributed by atoms with Crippen molar-refractivity contribution in [1.82, 2.24) is 15.0 Å². The van der Waals surface area contributed by atoms with Crippen molar-refractivity contribution in [3.8, 4) is 5.75 Å². The maximum atomic E-state index is 5.23. The minimum Gasteiger partial charge on any atom is -0.497 e. The van der Waals surface area contributed by atoms with Gasteiger partial charge in [-0.15, -0.1) is 0 Å². The van der Waals surface area contributed by atoms with Gasteiger partial charge in [0, 0.05) is 19.0 Å². The Morgan fingerprint density at radius 1 is 1.32 bits per heavy atom. The molecule has 0 radical (unpaired) electrons. The van der Waals surface area contributed by atoms with Gasteiger partial charge in [-0.1, -0.05) is 24.2 Å². The fraction of sp³-hybridized carbons (Fsp3) is 0.529. The average molecular weight is 301 g/mol. The highest BCUT2D eigenvalue weighted by Crippen LogP contribution is 2.33. The molecule has 0 N–H and O–H groups in total. The quantitative estimate of drug-likeness (QED) is 0.849. The topological polar surface area (TPSA) is 51.4 Å². The molecule has 0 saturated carbocycles. The van der Waals surface area contributed by atoms with Crippen LogP contribution in [0.4, 0.5) is 0 Å². The third kappa shape index (κ3) is 3.14. The van der Waals surface area contributed by atoms with Crippen molar-refractivity contribution >= 4 is 0 Å². The highest BCUT2D eigenvalue weighted by molar-refractivity contribution is 5.30. The lowest BCUT2D eigenvalue weighted by Crippen LogP contribution is -2.27. The van der Waals surface area contributed by atoms with E-state index in [-0.39, 0.29) is 0 Å². The number of benzene rings is 1. The molecule has 2 atom stereocenters. The minimum absolute atomic E-state index is 0.524. The van der Waals surface area contributed by atoms with E-state index in [4.69, 9.17) is 9.26 Å². The van der Waals surface area contributed by atoms with E-state index >= 15 is 0 Å². The zero-order valence-electron chi connectivity index (χ0n) is 13.5. The number of nitrogens with zero attached hydrogens (tertiary/aromatic N) is 3. The van der Waals surface area contributed by atoms with E-state index in [1.165, 1.54) is 5.56 Å². The molecular weight excluding hydrogens is 278 g/mol. The van der Waals surface area contributed by atoms with Crippen molar-refractivity contribution in [3.63, 3.8) is 0 Å². The Morgan fingerprint density at radius 3 is 2.73 bits per heavy atom. The normalized spacial score (nSPS) is 22.1. The zero-order chi connectivity index (χ0) is 15.5. The molecule has 5 nitrogen and oxygen atoms in total. The van der Waals surface area contributed by atoms with Crippen molar-refractivity contribution in [3.05, 3.63) is 41.5 Å². The Bertz CT molecular complexity index is 609. The fourth-order valence-corrected chi connectivity index (χ4v) is 3.12. The Balaban J connectivity index is 1.65. The number of hydrogen-bond acceptors (Lipinski definition) is 5. The average Bonchev–Trinajstić information content (AvgIpc) is 3.15. The van der Waals surface area contributed by atoms with E-state index in [9.17, 15) is 0 Å². The molecule has 118 valence electrons. The van der Waals surface area contributed by atoms with Gasteiger partial charge in [-0.25, -0.2) is 0 Å². The first kappa shape index (κ1) is 15.0. The molecule has 0 amide bonds. The summed E-state index contributed by atoms with van der Waals surface area (Å²) in [6, 6.07) is 8.94. The third-order valence-corrected chi connectivity index (χ3v) is 4.45. The number of aryl methyl sites for hydroxylation is 1. The van der Waals surface area contributed by atoms with Crippen LogP contribution in [0.2, 0.25) is 0 Å². The summed E-state index contributed by atoms with van der Waals surface area (Å²) in [7, 11) is 1.70. The van der Waals surface area contributed by atoms with Gasteiger partial charge in [0.2, 0.25) is 5.89 Å². The summed E-state index contributed by atoms with van der Waals surface area (Å²) < 4.78 is 10.4. The van der Waals surface area contributed by atoms with Crippen LogP contribution in [0.25, 0.3) is 0 Å². The van der Waals surface area contributed by atoms with Crippen molar-refractivity contribution in [2.75, 3.05) is 13.7 Å². The van der Waals surface area contributed by atoms with Gasteiger partial charge in [-0.3, -0.25) is 4.90 Å². The maximum absolute atomic E-state index is 5.23. The van der Waals surface area contributed by atoms with Gasteiger partial charge in [-0.05, 0) is 37.0 Å². The number of rotatable bonds is 5. The van der Waals surface area contributed by atoms with Gasteiger partial charge in [-0.2, -0.15) is 4.98 Å². The summed E-state index contributed by atoms with van der Waals surface area (Å²) in [5.41, 5.74) is 1.37. The van der Waals surface area contributed by atoms with Gasteiger partial charge >= 0.3 is 0 Å². The largest absolute Gasteiger partial charge is 0.497 e. The van der Waals surface area contributed by atoms with Crippen LogP contribution in [-0.2, 0) is 13.0 Å². The lowest BCUT2D eigenvalue weighted by molar-refractivity contribution is 0.247. The third-order valence-electron chi connectivity index (χ3n) is 4.45. The Morgan fingerprint density at radius 2 is 2.09 bits per heavy atom. The van der Waals surface area contributed by atoms with Gasteiger partial charge in [0.1, 0.15) is 5.75 Å². The molecule has 1 aliphatic heterocycles. The highest BCUT2D eigenvalue weighted by atomic mass is 16.5. The zero-order valence-corrected chi connectivity index (χ0v) is 13.5. The molecule has 1 aromatic heterocycles. The second-order valence-corrected chi connectivity index (χ2v) is 5.94. The van der Waals surface area contributed by atoms with Crippen LogP contribution < -0.4 is 4.74 Å². The number of ether oxygens (including phenoxy) is 1. The predicted molar refractivity (Wildman–Crippen MR) is 83.9 cm³/mol. The van der Waals surface area contributed by atoms with E-state index in [1.807, 2.05) is 19.1 Å². The van der Waals surface area contributed by atoms with Crippen LogP contribution in [0.3, 0.4) is 0 Å². The molecule has 1 aromatic carbocycles. The minimum atomic E-state index is 0.524. The number of likely N-dealkylation sites (tertiary alicyclic amines) is 1. The molecular formula is C17H23N3O2. The predicted octanol–water partition coefficient (Wildman–Crippen LogP) is 3.02. The maximum Gasteiger partial charge on any atom is 0.226 e. The van der Waals surface area contributed by atoms with E-state index in [0.717, 1.165) is 37.5 Å². The molecule has 3 rings (SSSR count). The van der Waals surface area contributed by atoms with Crippen LogP contribution in [0.1, 0.15) is 43.5 Å². The first-order valence-corrected chi connectivity index (χ1v) is 7.89. The summed E-state index contributed by atoms with van der Waals surface area (Å²) >= 11 is 0. The van der Waals surface area contributed by atoms with Crippen LogP contribution in [0, 0.1) is 0 Å². The molecule has 1 aliphatic rings. The lowest BCUT2D eigenvalue weighted by atomic mass is 9.97. The first-order chi connectivity index (χ1) is 10.7. The number of methoxy groups -OCH3 is 1. The van der Waals surface area contributed by atoms with Crippen molar-refractivity contribution in [2.45, 2.75) is 45.2 Å². The number of hydrogen-bond donors (Lipinski definition) is 0. The lowest BCUT2D eigenvalue weighted by Gasteiger charge is -2.18. The Labute approximate surface area is 131 Å². The molecule has 0 spiro atoms. The monoisotopic (exact) mass is 301 g/mol. The summed E-state index contributed by atoms with van der Waals surface area (Å²) in [6.07, 6.45) is 1.95. The molecule has 0 unspecified atom stereocenters. The second-order valence-electron chi connectivity index (χ2n) is 5.94. The summed E-state index contributed by atoms with van der Waals surface area (Å²) in [6.45, 7) is 6.08. The summed E-state index contributed by atoms with van der Waals surface area (Å²) in [5.74, 6) is 2.97. The van der Waals surface area contributed by atoms with Gasteiger partial charge in [0.25, 0.3) is 0 Å². The van der Waals surface area contributed by atoms with E-state index < -0.39 is 0 Å². The van der Waals surface area contributed by atoms with Crippen molar-refractivity contribution in [2.24, 2.45) is 0 Å². The Kier molecular flexibility index (Phi) is 4.43. The fourth-order valence-electron chi connectivity index (χ4n) is 3.12. The molecule has 5 heteroatoms. The van der Waals surface area contributed by atoms with Crippen LogP contribution >= 0.6 is 0 Å². The molecule has 1 fully saturated rings. The van der Waals surface area contributed by atoms with E-state index in [1.54, 1.807) is 7.11 Å². The van der Waals surface area contributed by atoms with Gasteiger partial charge < -0.3 is 9.26 Å². The SMILES string of the molecule is CCc1nc(CN2C[C@@H](c3ccc(OC)cc3)C[C@H]2C)no1. The first-order valence-electron chi connectivity index (χ1n) is 7.89. The summed E-state index contributed by atoms with van der Waals surface area (Å²) in [5, 5.41) is 4.06. The number of aromatic nitrogens is 2. The molecule has 22 heavy (non-hydrogen) atoms. The standard InChI is InChI=1S/C17H23N3O2/c1-4-17-18-16(19-22-17)11-20-10-14(9-12(20)2)13-5-7-15(21-3)8-6-13/h5-8,12,14H,4,9-11H2,1-3H3/t12-,14+/m1/s1. The van der Waals surface area contributed by atoms with E-state index in [2.05, 4.69) is 34.1 Å². The highest BCUT2D eigenvalue weighted by Gasteiger charge is 2.30. The van der Waals surface area contributed by atoms with Gasteiger partial charge in [0.15, 0.2) is 5.82 Å². The molecule has 1 saturated heterocycles. The summed E-state index contributed by atoms with van der Waals surface area (Å²) in [4.78, 5) is 6.84. The second kappa shape index (κ2) is 6.48. The molecule has 2 aromatic rings. The van der Waals surface area contributed by atoms with Crippen LogP contribution in [0.15, 0.2) is 28.8 Å². The van der Waals surface area contributed by atoms with Crippen LogP contribution in [0.5, 0.6) is 5.75 Å². The molecule has 0 aliphatic carbocycles. The van der Waals surface area contributed by atoms with Crippen LogP contribution in [-0.4, -0.2) is 34.7 Å². The molecule has 0 bridgehead atoms. The molecule has 2 heterocycles. The van der Waals surface area contributed by atoms with Gasteiger partial charge in [0.05, 0.1) is 13.7 Å². The van der Waals surface area contributed by atoms with Crippen molar-refractivity contribution in [1.29, 1.82) is 0 Å². The Hall–Kier alpha value is -1.88.